The Labute approximate surface area is 131 Å². The molecular formula is C15H21N3O3S. The van der Waals surface area contributed by atoms with Gasteiger partial charge in [0, 0.05) is 17.9 Å². The SMILES string of the molecule is Cc1noc(C)c1S(=O)(=O)Nc1ccc(NCC(C)C)cc1. The monoisotopic (exact) mass is 323 g/mol. The Kier molecular flexibility index (Phi) is 4.75. The zero-order valence-corrected chi connectivity index (χ0v) is 14.0. The van der Waals surface area contributed by atoms with Crippen LogP contribution in [0.1, 0.15) is 25.3 Å². The lowest BCUT2D eigenvalue weighted by Crippen LogP contribution is -2.14. The first kappa shape index (κ1) is 16.4. The Bertz CT molecular complexity index is 714. The van der Waals surface area contributed by atoms with Crippen molar-refractivity contribution in [3.8, 4) is 0 Å². The van der Waals surface area contributed by atoms with E-state index in [1.807, 2.05) is 12.1 Å². The van der Waals surface area contributed by atoms with Gasteiger partial charge in [0.25, 0.3) is 10.0 Å². The molecule has 0 unspecified atom stereocenters. The molecule has 0 spiro atoms. The van der Waals surface area contributed by atoms with Crippen molar-refractivity contribution >= 4 is 21.4 Å². The van der Waals surface area contributed by atoms with Crippen LogP contribution in [-0.2, 0) is 10.0 Å². The number of anilines is 2. The van der Waals surface area contributed by atoms with Gasteiger partial charge in [0.1, 0.15) is 5.69 Å². The molecule has 2 N–H and O–H groups in total. The highest BCUT2D eigenvalue weighted by Gasteiger charge is 2.24. The Hall–Kier alpha value is -2.02. The summed E-state index contributed by atoms with van der Waals surface area (Å²) in [5.41, 5.74) is 1.80. The van der Waals surface area contributed by atoms with Crippen molar-refractivity contribution in [2.75, 3.05) is 16.6 Å². The number of aromatic nitrogens is 1. The molecule has 0 saturated carbocycles. The molecule has 0 bridgehead atoms. The average molecular weight is 323 g/mol. The first-order valence-corrected chi connectivity index (χ1v) is 8.57. The first-order valence-electron chi connectivity index (χ1n) is 7.09. The van der Waals surface area contributed by atoms with Gasteiger partial charge < -0.3 is 9.84 Å². The minimum Gasteiger partial charge on any atom is -0.385 e. The van der Waals surface area contributed by atoms with Crippen molar-refractivity contribution in [2.45, 2.75) is 32.6 Å². The summed E-state index contributed by atoms with van der Waals surface area (Å²) in [5.74, 6) is 0.818. The number of nitrogens with zero attached hydrogens (tertiary/aromatic N) is 1. The van der Waals surface area contributed by atoms with Crippen LogP contribution in [0.3, 0.4) is 0 Å². The molecule has 0 amide bonds. The molecule has 22 heavy (non-hydrogen) atoms. The summed E-state index contributed by atoms with van der Waals surface area (Å²) in [6.07, 6.45) is 0. The fraction of sp³-hybridized carbons (Fsp3) is 0.400. The van der Waals surface area contributed by atoms with E-state index < -0.39 is 10.0 Å². The molecular weight excluding hydrogens is 302 g/mol. The van der Waals surface area contributed by atoms with Crippen molar-refractivity contribution in [3.63, 3.8) is 0 Å². The average Bonchev–Trinajstić information content (AvgIpc) is 2.77. The van der Waals surface area contributed by atoms with Crippen LogP contribution in [0.25, 0.3) is 0 Å². The second kappa shape index (κ2) is 6.39. The number of aryl methyl sites for hydroxylation is 2. The maximum atomic E-state index is 12.4. The maximum absolute atomic E-state index is 12.4. The smallest absolute Gasteiger partial charge is 0.267 e. The molecule has 1 aromatic heterocycles. The standard InChI is InChI=1S/C15H21N3O3S/c1-10(2)9-16-13-5-7-14(8-6-13)18-22(19,20)15-11(3)17-21-12(15)4/h5-8,10,16,18H,9H2,1-4H3. The molecule has 0 atom stereocenters. The van der Waals surface area contributed by atoms with Gasteiger partial charge in [0.15, 0.2) is 10.7 Å². The lowest BCUT2D eigenvalue weighted by atomic mass is 10.2. The molecule has 0 saturated heterocycles. The Morgan fingerprint density at radius 1 is 1.14 bits per heavy atom. The lowest BCUT2D eigenvalue weighted by Gasteiger charge is -2.11. The Balaban J connectivity index is 2.13. The van der Waals surface area contributed by atoms with Crippen molar-refractivity contribution in [3.05, 3.63) is 35.7 Å². The van der Waals surface area contributed by atoms with Gasteiger partial charge in [0.05, 0.1) is 0 Å². The zero-order chi connectivity index (χ0) is 16.3. The molecule has 0 aliphatic heterocycles. The molecule has 120 valence electrons. The molecule has 0 aliphatic carbocycles. The number of hydrogen-bond acceptors (Lipinski definition) is 5. The topological polar surface area (TPSA) is 84.2 Å². The van der Waals surface area contributed by atoms with E-state index in [-0.39, 0.29) is 10.7 Å². The zero-order valence-electron chi connectivity index (χ0n) is 13.2. The minimum atomic E-state index is -3.70. The molecule has 0 radical (unpaired) electrons. The third-order valence-corrected chi connectivity index (χ3v) is 4.71. The predicted molar refractivity (Wildman–Crippen MR) is 86.6 cm³/mol. The molecule has 6 nitrogen and oxygen atoms in total. The van der Waals surface area contributed by atoms with Crippen LogP contribution in [-0.4, -0.2) is 20.1 Å². The van der Waals surface area contributed by atoms with Crippen LogP contribution in [0.5, 0.6) is 0 Å². The normalized spacial score (nSPS) is 11.7. The third-order valence-electron chi connectivity index (χ3n) is 3.09. The quantitative estimate of drug-likeness (QED) is 0.853. The number of rotatable bonds is 6. The van der Waals surface area contributed by atoms with Gasteiger partial charge in [-0.3, -0.25) is 4.72 Å². The van der Waals surface area contributed by atoms with Crippen molar-refractivity contribution in [1.29, 1.82) is 0 Å². The van der Waals surface area contributed by atoms with Crippen LogP contribution in [0.4, 0.5) is 11.4 Å². The van der Waals surface area contributed by atoms with Crippen LogP contribution in [0.2, 0.25) is 0 Å². The van der Waals surface area contributed by atoms with E-state index >= 15 is 0 Å². The Morgan fingerprint density at radius 3 is 2.23 bits per heavy atom. The minimum absolute atomic E-state index is 0.0921. The van der Waals surface area contributed by atoms with E-state index in [1.54, 1.807) is 26.0 Å². The fourth-order valence-electron chi connectivity index (χ4n) is 2.04. The van der Waals surface area contributed by atoms with Crippen molar-refractivity contribution in [2.24, 2.45) is 5.92 Å². The predicted octanol–water partition coefficient (Wildman–Crippen LogP) is 3.16. The molecule has 0 aliphatic rings. The molecule has 0 fully saturated rings. The summed E-state index contributed by atoms with van der Waals surface area (Å²) in [6, 6.07) is 7.12. The first-order chi connectivity index (χ1) is 10.3. The van der Waals surface area contributed by atoms with Gasteiger partial charge >= 0.3 is 0 Å². The molecule has 7 heteroatoms. The summed E-state index contributed by atoms with van der Waals surface area (Å²) < 4.78 is 32.2. The second-order valence-corrected chi connectivity index (χ2v) is 7.23. The summed E-state index contributed by atoms with van der Waals surface area (Å²) >= 11 is 0. The van der Waals surface area contributed by atoms with E-state index in [4.69, 9.17) is 4.52 Å². The highest BCUT2D eigenvalue weighted by Crippen LogP contribution is 2.23. The van der Waals surface area contributed by atoms with Gasteiger partial charge in [-0.1, -0.05) is 19.0 Å². The molecule has 2 rings (SSSR count). The third kappa shape index (κ3) is 3.79. The number of nitrogens with one attached hydrogen (secondary N) is 2. The Morgan fingerprint density at radius 2 is 1.73 bits per heavy atom. The summed E-state index contributed by atoms with van der Waals surface area (Å²) in [4.78, 5) is 0.0921. The van der Waals surface area contributed by atoms with Gasteiger partial charge in [-0.2, -0.15) is 0 Å². The largest absolute Gasteiger partial charge is 0.385 e. The number of hydrogen-bond donors (Lipinski definition) is 2. The highest BCUT2D eigenvalue weighted by molar-refractivity contribution is 7.92. The van der Waals surface area contributed by atoms with E-state index in [0.717, 1.165) is 12.2 Å². The van der Waals surface area contributed by atoms with Gasteiger partial charge in [0.2, 0.25) is 0 Å². The number of sulfonamides is 1. The fourth-order valence-corrected chi connectivity index (χ4v) is 3.43. The van der Waals surface area contributed by atoms with Crippen molar-refractivity contribution < 1.29 is 12.9 Å². The molecule has 2 aromatic rings. The highest BCUT2D eigenvalue weighted by atomic mass is 32.2. The van der Waals surface area contributed by atoms with E-state index in [9.17, 15) is 8.42 Å². The lowest BCUT2D eigenvalue weighted by molar-refractivity contribution is 0.390. The van der Waals surface area contributed by atoms with Crippen LogP contribution in [0.15, 0.2) is 33.7 Å². The van der Waals surface area contributed by atoms with Crippen LogP contribution < -0.4 is 10.0 Å². The molecule has 1 aromatic carbocycles. The van der Waals surface area contributed by atoms with Gasteiger partial charge in [-0.15, -0.1) is 0 Å². The summed E-state index contributed by atoms with van der Waals surface area (Å²) in [5, 5.41) is 6.95. The van der Waals surface area contributed by atoms with Crippen LogP contribution >= 0.6 is 0 Å². The van der Waals surface area contributed by atoms with Crippen molar-refractivity contribution in [1.82, 2.24) is 5.16 Å². The summed E-state index contributed by atoms with van der Waals surface area (Å²) in [6.45, 7) is 8.29. The van der Waals surface area contributed by atoms with Crippen LogP contribution in [0, 0.1) is 19.8 Å². The molecule has 1 heterocycles. The maximum Gasteiger partial charge on any atom is 0.267 e. The van der Waals surface area contributed by atoms with E-state index in [0.29, 0.717) is 17.3 Å². The van der Waals surface area contributed by atoms with E-state index in [2.05, 4.69) is 29.0 Å². The van der Waals surface area contributed by atoms with Gasteiger partial charge in [-0.05, 0) is 44.0 Å². The van der Waals surface area contributed by atoms with E-state index in [1.165, 1.54) is 0 Å². The summed E-state index contributed by atoms with van der Waals surface area (Å²) in [7, 11) is -3.70. The second-order valence-electron chi connectivity index (χ2n) is 5.61. The number of benzene rings is 1. The van der Waals surface area contributed by atoms with Gasteiger partial charge in [-0.25, -0.2) is 8.42 Å².